The van der Waals surface area contributed by atoms with Gasteiger partial charge in [0.05, 0.1) is 12.8 Å². The van der Waals surface area contributed by atoms with Gasteiger partial charge >= 0.3 is 0 Å². The van der Waals surface area contributed by atoms with Gasteiger partial charge in [0, 0.05) is 32.7 Å². The quantitative estimate of drug-likeness (QED) is 0.857. The maximum atomic E-state index is 5.49. The van der Waals surface area contributed by atoms with E-state index in [-0.39, 0.29) is 0 Å². The van der Waals surface area contributed by atoms with Gasteiger partial charge in [-0.2, -0.15) is 0 Å². The molecule has 1 aliphatic rings. The molecule has 1 fully saturated rings. The number of ether oxygens (including phenoxy) is 1. The highest BCUT2D eigenvalue weighted by molar-refractivity contribution is 5.58. The molecule has 3 nitrogen and oxygen atoms in total. The van der Waals surface area contributed by atoms with Crippen LogP contribution in [0.1, 0.15) is 16.7 Å². The minimum atomic E-state index is 0.968. The van der Waals surface area contributed by atoms with Gasteiger partial charge in [-0.3, -0.25) is 4.90 Å². The maximum Gasteiger partial charge on any atom is 0.142 e. The fourth-order valence-electron chi connectivity index (χ4n) is 3.25. The van der Waals surface area contributed by atoms with Crippen molar-refractivity contribution in [3.8, 4) is 5.75 Å². The highest BCUT2D eigenvalue weighted by Gasteiger charge is 2.19. The predicted octanol–water partition coefficient (Wildman–Crippen LogP) is 3.63. The van der Waals surface area contributed by atoms with Crippen LogP contribution in [-0.4, -0.2) is 38.2 Å². The van der Waals surface area contributed by atoms with Gasteiger partial charge in [-0.1, -0.05) is 35.9 Å². The summed E-state index contributed by atoms with van der Waals surface area (Å²) in [5, 5.41) is 0. The number of hydrogen-bond acceptors (Lipinski definition) is 3. The fourth-order valence-corrected chi connectivity index (χ4v) is 3.25. The van der Waals surface area contributed by atoms with Gasteiger partial charge in [0.2, 0.25) is 0 Å². The van der Waals surface area contributed by atoms with E-state index < -0.39 is 0 Å². The third kappa shape index (κ3) is 3.67. The van der Waals surface area contributed by atoms with Gasteiger partial charge in [0.25, 0.3) is 0 Å². The van der Waals surface area contributed by atoms with Crippen molar-refractivity contribution in [2.75, 3.05) is 38.2 Å². The van der Waals surface area contributed by atoms with E-state index in [1.807, 2.05) is 12.1 Å². The molecular weight excluding hydrogens is 284 g/mol. The highest BCUT2D eigenvalue weighted by atomic mass is 16.5. The molecule has 0 unspecified atom stereocenters. The van der Waals surface area contributed by atoms with Gasteiger partial charge in [0.1, 0.15) is 5.75 Å². The third-order valence-electron chi connectivity index (χ3n) is 4.70. The van der Waals surface area contributed by atoms with E-state index >= 15 is 0 Å². The summed E-state index contributed by atoms with van der Waals surface area (Å²) in [5.74, 6) is 0.968. The summed E-state index contributed by atoms with van der Waals surface area (Å²) in [6.45, 7) is 9.70. The molecule has 0 bridgehead atoms. The van der Waals surface area contributed by atoms with Crippen molar-refractivity contribution in [1.82, 2.24) is 4.90 Å². The van der Waals surface area contributed by atoms with E-state index in [9.17, 15) is 0 Å². The molecule has 1 heterocycles. The van der Waals surface area contributed by atoms with Gasteiger partial charge in [-0.25, -0.2) is 0 Å². The number of nitrogens with zero attached hydrogens (tertiary/aromatic N) is 2. The molecule has 2 aromatic carbocycles. The van der Waals surface area contributed by atoms with E-state index in [0.717, 1.165) is 38.5 Å². The van der Waals surface area contributed by atoms with Crippen molar-refractivity contribution in [3.63, 3.8) is 0 Å². The summed E-state index contributed by atoms with van der Waals surface area (Å²) in [6.07, 6.45) is 0. The summed E-state index contributed by atoms with van der Waals surface area (Å²) in [4.78, 5) is 4.98. The Morgan fingerprint density at radius 3 is 2.43 bits per heavy atom. The number of piperazine rings is 1. The van der Waals surface area contributed by atoms with Crippen LogP contribution in [0.4, 0.5) is 5.69 Å². The van der Waals surface area contributed by atoms with Crippen molar-refractivity contribution in [2.45, 2.75) is 20.4 Å². The first kappa shape index (κ1) is 15.9. The Morgan fingerprint density at radius 2 is 1.70 bits per heavy atom. The molecular formula is C20H26N2O. The molecule has 0 aliphatic carbocycles. The Morgan fingerprint density at radius 1 is 0.957 bits per heavy atom. The Bertz CT molecular complexity index is 660. The van der Waals surface area contributed by atoms with E-state index in [1.165, 1.54) is 22.4 Å². The van der Waals surface area contributed by atoms with Crippen LogP contribution in [0.2, 0.25) is 0 Å². The average molecular weight is 310 g/mol. The second-order valence-corrected chi connectivity index (χ2v) is 6.36. The van der Waals surface area contributed by atoms with Crippen LogP contribution in [0.5, 0.6) is 5.75 Å². The molecule has 0 N–H and O–H groups in total. The summed E-state index contributed by atoms with van der Waals surface area (Å²) < 4.78 is 5.49. The first-order chi connectivity index (χ1) is 11.2. The van der Waals surface area contributed by atoms with Crippen LogP contribution < -0.4 is 9.64 Å². The van der Waals surface area contributed by atoms with E-state index in [1.54, 1.807) is 7.11 Å². The molecule has 23 heavy (non-hydrogen) atoms. The van der Waals surface area contributed by atoms with Crippen LogP contribution in [0.3, 0.4) is 0 Å². The second kappa shape index (κ2) is 7.05. The van der Waals surface area contributed by atoms with Gasteiger partial charge in [0.15, 0.2) is 0 Å². The van der Waals surface area contributed by atoms with E-state index in [2.05, 4.69) is 54.0 Å². The zero-order valence-electron chi connectivity index (χ0n) is 14.4. The Hall–Kier alpha value is -2.00. The number of aryl methyl sites for hydroxylation is 2. The lowest BCUT2D eigenvalue weighted by Gasteiger charge is -2.36. The third-order valence-corrected chi connectivity index (χ3v) is 4.70. The first-order valence-corrected chi connectivity index (χ1v) is 8.34. The molecule has 0 saturated carbocycles. The normalized spacial score (nSPS) is 15.7. The van der Waals surface area contributed by atoms with Crippen LogP contribution in [0, 0.1) is 13.8 Å². The van der Waals surface area contributed by atoms with Crippen molar-refractivity contribution in [1.29, 1.82) is 0 Å². The zero-order valence-corrected chi connectivity index (χ0v) is 14.4. The smallest absolute Gasteiger partial charge is 0.142 e. The number of benzene rings is 2. The highest BCUT2D eigenvalue weighted by Crippen LogP contribution is 2.28. The summed E-state index contributed by atoms with van der Waals surface area (Å²) in [7, 11) is 1.75. The Balaban J connectivity index is 1.63. The van der Waals surface area contributed by atoms with Crippen LogP contribution >= 0.6 is 0 Å². The minimum absolute atomic E-state index is 0.968. The lowest BCUT2D eigenvalue weighted by molar-refractivity contribution is 0.248. The number of para-hydroxylation sites is 2. The largest absolute Gasteiger partial charge is 0.495 e. The SMILES string of the molecule is COc1ccccc1N1CCN(Cc2cc(C)ccc2C)CC1. The predicted molar refractivity (Wildman–Crippen MR) is 96.4 cm³/mol. The monoisotopic (exact) mass is 310 g/mol. The fraction of sp³-hybridized carbons (Fsp3) is 0.400. The molecule has 0 atom stereocenters. The summed E-state index contributed by atoms with van der Waals surface area (Å²) in [5.41, 5.74) is 5.40. The number of rotatable bonds is 4. The molecule has 0 spiro atoms. The number of anilines is 1. The molecule has 3 heteroatoms. The van der Waals surface area contributed by atoms with Gasteiger partial charge in [-0.05, 0) is 37.1 Å². The first-order valence-electron chi connectivity index (χ1n) is 8.34. The molecule has 0 radical (unpaired) electrons. The Kier molecular flexibility index (Phi) is 4.87. The van der Waals surface area contributed by atoms with Crippen molar-refractivity contribution < 1.29 is 4.74 Å². The van der Waals surface area contributed by atoms with E-state index in [4.69, 9.17) is 4.74 Å². The molecule has 0 aromatic heterocycles. The van der Waals surface area contributed by atoms with Crippen molar-refractivity contribution in [3.05, 3.63) is 59.2 Å². The molecule has 1 aliphatic heterocycles. The molecule has 3 rings (SSSR count). The van der Waals surface area contributed by atoms with Crippen LogP contribution in [0.25, 0.3) is 0 Å². The van der Waals surface area contributed by atoms with Gasteiger partial charge in [-0.15, -0.1) is 0 Å². The van der Waals surface area contributed by atoms with Gasteiger partial charge < -0.3 is 9.64 Å². The van der Waals surface area contributed by atoms with Crippen LogP contribution in [0.15, 0.2) is 42.5 Å². The Labute approximate surface area is 139 Å². The van der Waals surface area contributed by atoms with E-state index in [0.29, 0.717) is 0 Å². The summed E-state index contributed by atoms with van der Waals surface area (Å²) >= 11 is 0. The number of methoxy groups -OCH3 is 1. The topological polar surface area (TPSA) is 15.7 Å². The standard InChI is InChI=1S/C20H26N2O/c1-16-8-9-17(2)18(14-16)15-21-10-12-22(13-11-21)19-6-4-5-7-20(19)23-3/h4-9,14H,10-13,15H2,1-3H3. The molecule has 1 saturated heterocycles. The average Bonchev–Trinajstić information content (AvgIpc) is 2.59. The lowest BCUT2D eigenvalue weighted by atomic mass is 10.0. The maximum absolute atomic E-state index is 5.49. The number of hydrogen-bond donors (Lipinski definition) is 0. The van der Waals surface area contributed by atoms with Crippen molar-refractivity contribution >= 4 is 5.69 Å². The molecule has 2 aromatic rings. The molecule has 122 valence electrons. The lowest BCUT2D eigenvalue weighted by Crippen LogP contribution is -2.46. The zero-order chi connectivity index (χ0) is 16.2. The minimum Gasteiger partial charge on any atom is -0.495 e. The second-order valence-electron chi connectivity index (χ2n) is 6.36. The summed E-state index contributed by atoms with van der Waals surface area (Å²) in [6, 6.07) is 15.0. The molecule has 0 amide bonds. The van der Waals surface area contributed by atoms with Crippen LogP contribution in [-0.2, 0) is 6.54 Å². The van der Waals surface area contributed by atoms with Crippen molar-refractivity contribution in [2.24, 2.45) is 0 Å².